The number of hydrogen-bond donors (Lipinski definition) is 1. The molecule has 1 aliphatic rings. The summed E-state index contributed by atoms with van der Waals surface area (Å²) >= 11 is 4.39. The molecule has 1 aromatic rings. The first kappa shape index (κ1) is 12.5. The van der Waals surface area contributed by atoms with Gasteiger partial charge in [0.15, 0.2) is 0 Å². The van der Waals surface area contributed by atoms with Crippen LogP contribution in [-0.2, 0) is 14.9 Å². The molecule has 0 spiro atoms. The van der Waals surface area contributed by atoms with Crippen molar-refractivity contribution in [1.29, 1.82) is 0 Å². The molecule has 0 atom stereocenters. The third-order valence-corrected chi connectivity index (χ3v) is 5.75. The molecule has 0 amide bonds. The van der Waals surface area contributed by atoms with Gasteiger partial charge in [-0.15, -0.1) is 11.3 Å². The molecule has 90 valence electrons. The monoisotopic (exact) mass is 325 g/mol. The van der Waals surface area contributed by atoms with E-state index in [9.17, 15) is 8.42 Å². The Hall–Kier alpha value is 0.0500. The van der Waals surface area contributed by atoms with Crippen LogP contribution in [0.4, 0.5) is 0 Å². The minimum absolute atomic E-state index is 0.0261. The van der Waals surface area contributed by atoms with Gasteiger partial charge >= 0.3 is 0 Å². The molecule has 0 saturated heterocycles. The average molecular weight is 326 g/mol. The zero-order valence-electron chi connectivity index (χ0n) is 8.48. The SMILES string of the molecule is O=S(=O)(NOC1CCCC1)c1ccc(Br)s1. The quantitative estimate of drug-likeness (QED) is 0.866. The van der Waals surface area contributed by atoms with Crippen molar-refractivity contribution in [3.05, 3.63) is 15.9 Å². The summed E-state index contributed by atoms with van der Waals surface area (Å²) in [6.07, 6.45) is 4.10. The van der Waals surface area contributed by atoms with E-state index in [1.807, 2.05) is 0 Å². The molecular formula is C9H12BrNO3S2. The maximum Gasteiger partial charge on any atom is 0.271 e. The lowest BCUT2D eigenvalue weighted by molar-refractivity contribution is 0.0224. The molecule has 0 aromatic carbocycles. The summed E-state index contributed by atoms with van der Waals surface area (Å²) in [4.78, 5) is 7.38. The summed E-state index contributed by atoms with van der Waals surface area (Å²) < 4.78 is 24.6. The molecule has 1 heterocycles. The molecule has 1 saturated carbocycles. The van der Waals surface area contributed by atoms with E-state index in [1.165, 1.54) is 0 Å². The Morgan fingerprint density at radius 2 is 2.06 bits per heavy atom. The summed E-state index contributed by atoms with van der Waals surface area (Å²) in [6.45, 7) is 0. The largest absolute Gasteiger partial charge is 0.284 e. The van der Waals surface area contributed by atoms with Gasteiger partial charge in [0.05, 0.1) is 9.89 Å². The van der Waals surface area contributed by atoms with Crippen LogP contribution in [-0.4, -0.2) is 14.5 Å². The molecule has 16 heavy (non-hydrogen) atoms. The van der Waals surface area contributed by atoms with E-state index < -0.39 is 10.0 Å². The second-order valence-electron chi connectivity index (χ2n) is 3.67. The Labute approximate surface area is 107 Å². The van der Waals surface area contributed by atoms with E-state index in [0.717, 1.165) is 40.8 Å². The van der Waals surface area contributed by atoms with Crippen molar-refractivity contribution in [1.82, 2.24) is 4.89 Å². The maximum absolute atomic E-state index is 11.8. The van der Waals surface area contributed by atoms with Gasteiger partial charge in [-0.3, -0.25) is 4.84 Å². The summed E-state index contributed by atoms with van der Waals surface area (Å²) in [5.74, 6) is 0. The fourth-order valence-corrected chi connectivity index (χ4v) is 4.46. The van der Waals surface area contributed by atoms with Gasteiger partial charge in [-0.2, -0.15) is 0 Å². The van der Waals surface area contributed by atoms with Gasteiger partial charge in [0.2, 0.25) is 0 Å². The summed E-state index contributed by atoms with van der Waals surface area (Å²) in [5.41, 5.74) is 0. The van der Waals surface area contributed by atoms with Crippen molar-refractivity contribution in [2.45, 2.75) is 36.0 Å². The molecule has 1 aliphatic carbocycles. The molecule has 2 rings (SSSR count). The molecule has 7 heteroatoms. The highest BCUT2D eigenvalue weighted by atomic mass is 79.9. The van der Waals surface area contributed by atoms with Gasteiger partial charge in [-0.1, -0.05) is 17.7 Å². The number of halogens is 1. The first-order valence-corrected chi connectivity index (χ1v) is 8.10. The predicted octanol–water partition coefficient (Wildman–Crippen LogP) is 2.66. The summed E-state index contributed by atoms with van der Waals surface area (Å²) in [7, 11) is -3.51. The summed E-state index contributed by atoms with van der Waals surface area (Å²) in [5, 5.41) is 0. The van der Waals surface area contributed by atoms with Crippen molar-refractivity contribution >= 4 is 37.3 Å². The van der Waals surface area contributed by atoms with Gasteiger partial charge < -0.3 is 0 Å². The average Bonchev–Trinajstić information content (AvgIpc) is 2.85. The van der Waals surface area contributed by atoms with E-state index in [0.29, 0.717) is 0 Å². The first-order chi connectivity index (χ1) is 7.58. The van der Waals surface area contributed by atoms with Crippen molar-refractivity contribution < 1.29 is 13.3 Å². The normalized spacial score (nSPS) is 18.1. The number of hydrogen-bond acceptors (Lipinski definition) is 4. The first-order valence-electron chi connectivity index (χ1n) is 5.01. The molecule has 1 fully saturated rings. The van der Waals surface area contributed by atoms with Crippen LogP contribution in [0.1, 0.15) is 25.7 Å². The number of rotatable bonds is 4. The minimum Gasteiger partial charge on any atom is -0.284 e. The zero-order chi connectivity index (χ0) is 11.6. The van der Waals surface area contributed by atoms with Crippen LogP contribution in [0.2, 0.25) is 0 Å². The molecule has 1 N–H and O–H groups in total. The molecule has 0 radical (unpaired) electrons. The Balaban J connectivity index is 1.97. The third kappa shape index (κ3) is 3.04. The van der Waals surface area contributed by atoms with Crippen LogP contribution >= 0.6 is 27.3 Å². The lowest BCUT2D eigenvalue weighted by atomic mass is 10.3. The Morgan fingerprint density at radius 3 is 2.62 bits per heavy atom. The smallest absolute Gasteiger partial charge is 0.271 e. The van der Waals surface area contributed by atoms with Crippen LogP contribution in [0, 0.1) is 0 Å². The standard InChI is InChI=1S/C9H12BrNO3S2/c10-8-5-6-9(15-8)16(12,13)11-14-7-3-1-2-4-7/h5-7,11H,1-4H2. The zero-order valence-corrected chi connectivity index (χ0v) is 11.7. The van der Waals surface area contributed by atoms with Crippen molar-refractivity contribution in [3.63, 3.8) is 0 Å². The number of thiophene rings is 1. The molecular weight excluding hydrogens is 314 g/mol. The molecule has 1 aromatic heterocycles. The highest BCUT2D eigenvalue weighted by molar-refractivity contribution is 9.11. The highest BCUT2D eigenvalue weighted by Gasteiger charge is 2.21. The molecule has 0 aliphatic heterocycles. The van der Waals surface area contributed by atoms with Crippen molar-refractivity contribution in [3.8, 4) is 0 Å². The fourth-order valence-electron chi connectivity index (χ4n) is 1.62. The highest BCUT2D eigenvalue weighted by Crippen LogP contribution is 2.26. The van der Waals surface area contributed by atoms with Gasteiger partial charge in [-0.25, -0.2) is 8.42 Å². The van der Waals surface area contributed by atoms with Crippen LogP contribution in [0.15, 0.2) is 20.1 Å². The van der Waals surface area contributed by atoms with Gasteiger partial charge in [0.25, 0.3) is 10.0 Å². The lowest BCUT2D eigenvalue weighted by Gasteiger charge is -2.10. The van der Waals surface area contributed by atoms with E-state index >= 15 is 0 Å². The van der Waals surface area contributed by atoms with Crippen LogP contribution in [0.25, 0.3) is 0 Å². The van der Waals surface area contributed by atoms with Crippen LogP contribution < -0.4 is 4.89 Å². The van der Waals surface area contributed by atoms with E-state index in [4.69, 9.17) is 4.84 Å². The summed E-state index contributed by atoms with van der Waals surface area (Å²) in [6, 6.07) is 3.25. The fraction of sp³-hybridized carbons (Fsp3) is 0.556. The second-order valence-corrected chi connectivity index (χ2v) is 8.00. The van der Waals surface area contributed by atoms with Crippen molar-refractivity contribution in [2.75, 3.05) is 0 Å². The van der Waals surface area contributed by atoms with Gasteiger partial charge in [-0.05, 0) is 40.9 Å². The Kier molecular flexibility index (Phi) is 4.01. The predicted molar refractivity (Wildman–Crippen MR) is 65.7 cm³/mol. The van der Waals surface area contributed by atoms with Crippen molar-refractivity contribution in [2.24, 2.45) is 0 Å². The second kappa shape index (κ2) is 5.14. The molecule has 4 nitrogen and oxygen atoms in total. The number of nitrogens with one attached hydrogen (secondary N) is 1. The lowest BCUT2D eigenvalue weighted by Crippen LogP contribution is -2.27. The van der Waals surface area contributed by atoms with E-state index in [1.54, 1.807) is 12.1 Å². The Bertz CT molecular complexity index is 451. The van der Waals surface area contributed by atoms with E-state index in [-0.39, 0.29) is 10.3 Å². The van der Waals surface area contributed by atoms with Crippen LogP contribution in [0.5, 0.6) is 0 Å². The topological polar surface area (TPSA) is 55.4 Å². The van der Waals surface area contributed by atoms with E-state index in [2.05, 4.69) is 20.8 Å². The maximum atomic E-state index is 11.8. The van der Waals surface area contributed by atoms with Crippen LogP contribution in [0.3, 0.4) is 0 Å². The minimum atomic E-state index is -3.51. The Morgan fingerprint density at radius 1 is 1.38 bits per heavy atom. The van der Waals surface area contributed by atoms with Gasteiger partial charge in [0, 0.05) is 0 Å². The molecule has 0 unspecified atom stereocenters. The molecule has 0 bridgehead atoms. The van der Waals surface area contributed by atoms with Gasteiger partial charge in [0.1, 0.15) is 4.21 Å². The third-order valence-electron chi connectivity index (χ3n) is 2.44. The number of sulfonamides is 1.